The highest BCUT2D eigenvalue weighted by molar-refractivity contribution is 7.46. The smallest absolute Gasteiger partial charge is 0.462 e. The van der Waals surface area contributed by atoms with Crippen molar-refractivity contribution in [3.8, 4) is 0 Å². The molecule has 0 bridgehead atoms. The molecule has 1 atom stereocenters. The molecular weight excluding hydrogens is 259 g/mol. The van der Waals surface area contributed by atoms with E-state index in [1.807, 2.05) is 6.92 Å². The molecule has 7 heteroatoms. The van der Waals surface area contributed by atoms with Gasteiger partial charge in [-0.25, -0.2) is 9.36 Å². The largest absolute Gasteiger partial charge is 0.469 e. The van der Waals surface area contributed by atoms with Gasteiger partial charge in [0.2, 0.25) is 0 Å². The summed E-state index contributed by atoms with van der Waals surface area (Å²) in [6.45, 7) is 7.09. The quantitative estimate of drug-likeness (QED) is 0.291. The second-order valence-corrected chi connectivity index (χ2v) is 5.26. The normalized spacial score (nSPS) is 13.1. The van der Waals surface area contributed by atoms with Crippen molar-refractivity contribution < 1.29 is 28.4 Å². The van der Waals surface area contributed by atoms with Gasteiger partial charge in [0.1, 0.15) is 0 Å². The minimum absolute atomic E-state index is 0.191. The number of carbonyl (C=O) groups is 1. The van der Waals surface area contributed by atoms with E-state index >= 15 is 0 Å². The van der Waals surface area contributed by atoms with Gasteiger partial charge in [-0.2, -0.15) is 0 Å². The minimum Gasteiger partial charge on any atom is -0.462 e. The van der Waals surface area contributed by atoms with Gasteiger partial charge in [0, 0.05) is 5.57 Å². The van der Waals surface area contributed by atoms with Crippen molar-refractivity contribution in [3.63, 3.8) is 0 Å². The molecular formula is C11H21O6P. The standard InChI is InChI=1S/C11H21O6P/c1-4-6-10(17-18(13,14)15)7-5-8-16-11(12)9(2)3/h10H,2,4-8H2,1,3H3,(H2,13,14,15). The number of hydrogen-bond donors (Lipinski definition) is 2. The Kier molecular flexibility index (Phi) is 8.11. The van der Waals surface area contributed by atoms with Crippen LogP contribution in [0, 0.1) is 0 Å². The number of ether oxygens (including phenoxy) is 1. The maximum absolute atomic E-state index is 11.1. The van der Waals surface area contributed by atoms with Crippen LogP contribution in [0.25, 0.3) is 0 Å². The third-order valence-corrected chi connectivity index (χ3v) is 2.72. The molecule has 0 fully saturated rings. The van der Waals surface area contributed by atoms with E-state index in [2.05, 4.69) is 11.1 Å². The minimum atomic E-state index is -4.46. The molecule has 0 aromatic rings. The molecule has 0 heterocycles. The van der Waals surface area contributed by atoms with Gasteiger partial charge in [0.15, 0.2) is 0 Å². The summed E-state index contributed by atoms with van der Waals surface area (Å²) >= 11 is 0. The summed E-state index contributed by atoms with van der Waals surface area (Å²) in [4.78, 5) is 28.5. The predicted octanol–water partition coefficient (Wildman–Crippen LogP) is 2.16. The van der Waals surface area contributed by atoms with Gasteiger partial charge in [-0.3, -0.25) is 4.52 Å². The van der Waals surface area contributed by atoms with Crippen LogP contribution >= 0.6 is 7.82 Å². The first-order valence-corrected chi connectivity index (χ1v) is 7.36. The number of carbonyl (C=O) groups excluding carboxylic acids is 1. The van der Waals surface area contributed by atoms with Crippen molar-refractivity contribution in [2.24, 2.45) is 0 Å². The Labute approximate surface area is 107 Å². The molecule has 0 aromatic heterocycles. The Balaban J connectivity index is 3.94. The highest BCUT2D eigenvalue weighted by Crippen LogP contribution is 2.39. The van der Waals surface area contributed by atoms with Gasteiger partial charge in [-0.05, 0) is 26.2 Å². The molecule has 2 N–H and O–H groups in total. The Bertz CT molecular complexity index is 321. The SMILES string of the molecule is C=C(C)C(=O)OCCCC(CCC)OP(=O)(O)O. The zero-order valence-electron chi connectivity index (χ0n) is 10.8. The lowest BCUT2D eigenvalue weighted by Crippen LogP contribution is -2.13. The summed E-state index contributed by atoms with van der Waals surface area (Å²) in [5.41, 5.74) is 0.326. The van der Waals surface area contributed by atoms with Crippen molar-refractivity contribution in [2.45, 2.75) is 45.6 Å². The number of phosphoric ester groups is 1. The fourth-order valence-corrected chi connectivity index (χ4v) is 1.96. The average Bonchev–Trinajstić information content (AvgIpc) is 2.21. The number of esters is 1. The molecule has 0 saturated heterocycles. The van der Waals surface area contributed by atoms with Crippen LogP contribution in [0.4, 0.5) is 0 Å². The summed E-state index contributed by atoms with van der Waals surface area (Å²) in [7, 11) is -4.46. The van der Waals surface area contributed by atoms with Crippen molar-refractivity contribution in [3.05, 3.63) is 12.2 Å². The number of rotatable bonds is 9. The topological polar surface area (TPSA) is 93.1 Å². The van der Waals surface area contributed by atoms with Crippen LogP contribution in [-0.2, 0) is 18.6 Å². The maximum Gasteiger partial charge on any atom is 0.469 e. The summed E-state index contributed by atoms with van der Waals surface area (Å²) in [6, 6.07) is 0. The predicted molar refractivity (Wildman–Crippen MR) is 66.8 cm³/mol. The second-order valence-electron chi connectivity index (χ2n) is 4.07. The molecule has 0 spiro atoms. The molecule has 0 aliphatic rings. The summed E-state index contributed by atoms with van der Waals surface area (Å²) in [6.07, 6.45) is 1.72. The van der Waals surface area contributed by atoms with Crippen LogP contribution in [0.15, 0.2) is 12.2 Å². The van der Waals surface area contributed by atoms with Gasteiger partial charge >= 0.3 is 13.8 Å². The third kappa shape index (κ3) is 9.36. The van der Waals surface area contributed by atoms with E-state index in [4.69, 9.17) is 14.5 Å². The lowest BCUT2D eigenvalue weighted by molar-refractivity contribution is -0.139. The van der Waals surface area contributed by atoms with E-state index in [9.17, 15) is 9.36 Å². The van der Waals surface area contributed by atoms with Crippen LogP contribution in [0.1, 0.15) is 39.5 Å². The van der Waals surface area contributed by atoms with Crippen molar-refractivity contribution in [2.75, 3.05) is 6.61 Å². The average molecular weight is 280 g/mol. The molecule has 0 amide bonds. The van der Waals surface area contributed by atoms with Crippen molar-refractivity contribution in [1.82, 2.24) is 0 Å². The highest BCUT2D eigenvalue weighted by Gasteiger charge is 2.21. The van der Waals surface area contributed by atoms with Gasteiger partial charge < -0.3 is 14.5 Å². The first-order chi connectivity index (χ1) is 8.26. The lowest BCUT2D eigenvalue weighted by atomic mass is 10.1. The van der Waals surface area contributed by atoms with Gasteiger partial charge in [-0.15, -0.1) is 0 Å². The van der Waals surface area contributed by atoms with E-state index < -0.39 is 19.9 Å². The number of hydrogen-bond acceptors (Lipinski definition) is 4. The molecule has 106 valence electrons. The summed E-state index contributed by atoms with van der Waals surface area (Å²) in [5.74, 6) is -0.460. The van der Waals surface area contributed by atoms with Crippen LogP contribution < -0.4 is 0 Å². The fraction of sp³-hybridized carbons (Fsp3) is 0.727. The Hall–Kier alpha value is -0.680. The Morgan fingerprint density at radius 3 is 2.44 bits per heavy atom. The van der Waals surface area contributed by atoms with Crippen LogP contribution in [0.2, 0.25) is 0 Å². The van der Waals surface area contributed by atoms with Gasteiger partial charge in [-0.1, -0.05) is 19.9 Å². The number of phosphoric acid groups is 1. The monoisotopic (exact) mass is 280 g/mol. The molecule has 0 radical (unpaired) electrons. The lowest BCUT2D eigenvalue weighted by Gasteiger charge is -2.17. The molecule has 0 aromatic carbocycles. The first-order valence-electron chi connectivity index (χ1n) is 5.82. The van der Waals surface area contributed by atoms with Crippen molar-refractivity contribution in [1.29, 1.82) is 0 Å². The highest BCUT2D eigenvalue weighted by atomic mass is 31.2. The molecule has 0 rings (SSSR count). The van der Waals surface area contributed by atoms with Crippen molar-refractivity contribution >= 4 is 13.8 Å². The molecule has 0 aliphatic heterocycles. The Morgan fingerprint density at radius 1 is 1.39 bits per heavy atom. The summed E-state index contributed by atoms with van der Waals surface area (Å²) < 4.78 is 20.2. The zero-order valence-corrected chi connectivity index (χ0v) is 11.7. The molecule has 18 heavy (non-hydrogen) atoms. The van der Waals surface area contributed by atoms with Crippen LogP contribution in [-0.4, -0.2) is 28.5 Å². The molecule has 1 unspecified atom stereocenters. The molecule has 0 aliphatic carbocycles. The summed E-state index contributed by atoms with van der Waals surface area (Å²) in [5, 5.41) is 0. The van der Waals surface area contributed by atoms with E-state index in [1.54, 1.807) is 6.92 Å². The Morgan fingerprint density at radius 2 is 2.00 bits per heavy atom. The zero-order chi connectivity index (χ0) is 14.2. The second kappa shape index (κ2) is 8.43. The maximum atomic E-state index is 11.1. The van der Waals surface area contributed by atoms with Gasteiger partial charge in [0.25, 0.3) is 0 Å². The van der Waals surface area contributed by atoms with E-state index in [0.29, 0.717) is 24.8 Å². The third-order valence-electron chi connectivity index (χ3n) is 2.15. The van der Waals surface area contributed by atoms with E-state index in [0.717, 1.165) is 6.42 Å². The van der Waals surface area contributed by atoms with E-state index in [-0.39, 0.29) is 6.61 Å². The molecule has 6 nitrogen and oxygen atoms in total. The van der Waals surface area contributed by atoms with Crippen LogP contribution in [0.5, 0.6) is 0 Å². The first kappa shape index (κ1) is 17.3. The van der Waals surface area contributed by atoms with Gasteiger partial charge in [0.05, 0.1) is 12.7 Å². The van der Waals surface area contributed by atoms with Crippen LogP contribution in [0.3, 0.4) is 0 Å². The van der Waals surface area contributed by atoms with E-state index in [1.165, 1.54) is 0 Å². The fourth-order valence-electron chi connectivity index (χ4n) is 1.36. The molecule has 0 saturated carbocycles.